The van der Waals surface area contributed by atoms with Crippen LogP contribution in [0.1, 0.15) is 0 Å². The fourth-order valence-corrected chi connectivity index (χ4v) is 4.47. The zero-order valence-corrected chi connectivity index (χ0v) is 12.2. The van der Waals surface area contributed by atoms with Gasteiger partial charge in [0.1, 0.15) is 0 Å². The van der Waals surface area contributed by atoms with E-state index in [4.69, 9.17) is 0 Å². The molecule has 4 heteroatoms. The van der Waals surface area contributed by atoms with Gasteiger partial charge in [-0.1, -0.05) is 42.1 Å². The Kier molecular flexibility index (Phi) is 5.36. The molecule has 1 aromatic carbocycles. The van der Waals surface area contributed by atoms with Gasteiger partial charge in [0.2, 0.25) is 0 Å². The van der Waals surface area contributed by atoms with Gasteiger partial charge in [-0.2, -0.15) is 0 Å². The molecule has 0 aliphatic heterocycles. The highest BCUT2D eigenvalue weighted by Crippen LogP contribution is 2.35. The van der Waals surface area contributed by atoms with Gasteiger partial charge in [0.15, 0.2) is 10.3 Å². The molecule has 0 amide bonds. The van der Waals surface area contributed by atoms with Crippen LogP contribution in [0, 0.1) is 0 Å². The first-order valence-electron chi connectivity index (χ1n) is 3.93. The second-order valence-electron chi connectivity index (χ2n) is 2.56. The number of thioether (sulfide) groups is 1. The summed E-state index contributed by atoms with van der Waals surface area (Å²) in [6.07, 6.45) is 2.12. The number of hydrogen-bond donors (Lipinski definition) is 0. The molecule has 0 radical (unpaired) electrons. The van der Waals surface area contributed by atoms with E-state index in [9.17, 15) is 0 Å². The summed E-state index contributed by atoms with van der Waals surface area (Å²) in [7, 11) is 3.70. The molecular formula is C10H9IS3. The molecule has 0 saturated carbocycles. The van der Waals surface area contributed by atoms with E-state index in [0.29, 0.717) is 0 Å². The van der Waals surface area contributed by atoms with Crippen LogP contribution in [0.25, 0.3) is 10.4 Å². The zero-order valence-electron chi connectivity index (χ0n) is 7.57. The topological polar surface area (TPSA) is 0 Å². The third kappa shape index (κ3) is 2.92. The van der Waals surface area contributed by atoms with Gasteiger partial charge in [-0.05, 0) is 11.8 Å². The molecule has 0 saturated heterocycles. The summed E-state index contributed by atoms with van der Waals surface area (Å²) in [4.78, 5) is 1.37. The average molecular weight is 352 g/mol. The fourth-order valence-electron chi connectivity index (χ4n) is 1.07. The van der Waals surface area contributed by atoms with Gasteiger partial charge in [-0.25, -0.2) is 0 Å². The Labute approximate surface area is 113 Å². The Bertz CT molecular complexity index is 383. The second-order valence-corrected chi connectivity index (χ2v) is 5.88. The molecule has 14 heavy (non-hydrogen) atoms. The van der Waals surface area contributed by atoms with Crippen molar-refractivity contribution in [3.63, 3.8) is 0 Å². The van der Waals surface area contributed by atoms with Gasteiger partial charge >= 0.3 is 10.3 Å². The highest BCUT2D eigenvalue weighted by molar-refractivity contribution is 8.02. The maximum Gasteiger partial charge on any atom is 0.308 e. The highest BCUT2D eigenvalue weighted by Gasteiger charge is 2.12. The first-order valence-corrected chi connectivity index (χ1v) is 7.30. The summed E-state index contributed by atoms with van der Waals surface area (Å²) >= 11 is 1.81. The van der Waals surface area contributed by atoms with Crippen molar-refractivity contribution in [3.05, 3.63) is 36.4 Å². The van der Waals surface area contributed by atoms with E-state index < -0.39 is 0 Å². The molecule has 0 bridgehead atoms. The maximum atomic E-state index is 2.26. The lowest BCUT2D eigenvalue weighted by molar-refractivity contribution is -0.00000239. The van der Waals surface area contributed by atoms with Gasteiger partial charge < -0.3 is 24.0 Å². The summed E-state index contributed by atoms with van der Waals surface area (Å²) in [5.74, 6) is 0. The van der Waals surface area contributed by atoms with Crippen LogP contribution in [-0.2, 0) is 0 Å². The quantitative estimate of drug-likeness (QED) is 0.342. The number of benzene rings is 1. The van der Waals surface area contributed by atoms with Gasteiger partial charge in [0, 0.05) is 6.07 Å². The van der Waals surface area contributed by atoms with Crippen LogP contribution in [0.3, 0.4) is 0 Å². The van der Waals surface area contributed by atoms with Gasteiger partial charge in [0.05, 0.1) is 4.88 Å². The third-order valence-corrected chi connectivity index (χ3v) is 5.53. The Balaban J connectivity index is 0.000000980. The van der Waals surface area contributed by atoms with Gasteiger partial charge in [-0.3, -0.25) is 0 Å². The van der Waals surface area contributed by atoms with E-state index >= 15 is 0 Å². The van der Waals surface area contributed by atoms with E-state index in [0.717, 1.165) is 0 Å². The van der Waals surface area contributed by atoms with Crippen molar-refractivity contribution in [2.24, 2.45) is 0 Å². The predicted molar refractivity (Wildman–Crippen MR) is 63.8 cm³/mol. The molecule has 0 aliphatic rings. The van der Waals surface area contributed by atoms with Gasteiger partial charge in [0.25, 0.3) is 4.21 Å². The Morgan fingerprint density at radius 2 is 1.93 bits per heavy atom. The molecule has 0 aliphatic carbocycles. The van der Waals surface area contributed by atoms with Crippen LogP contribution in [0.2, 0.25) is 0 Å². The Hall–Kier alpha value is 0.350. The monoisotopic (exact) mass is 352 g/mol. The summed E-state index contributed by atoms with van der Waals surface area (Å²) in [5.41, 5.74) is 1.32. The van der Waals surface area contributed by atoms with Crippen LogP contribution in [0.4, 0.5) is 0 Å². The van der Waals surface area contributed by atoms with Crippen molar-refractivity contribution in [2.75, 3.05) is 6.26 Å². The number of halogens is 1. The van der Waals surface area contributed by atoms with Crippen LogP contribution in [0.5, 0.6) is 0 Å². The molecule has 0 N–H and O–H groups in total. The van der Waals surface area contributed by atoms with Crippen LogP contribution < -0.4 is 24.0 Å². The molecule has 0 fully saturated rings. The normalized spacial score (nSPS) is 9.50. The van der Waals surface area contributed by atoms with E-state index in [-0.39, 0.29) is 24.0 Å². The van der Waals surface area contributed by atoms with Crippen LogP contribution in [-0.4, -0.2) is 6.26 Å². The molecule has 1 aromatic heterocycles. The lowest BCUT2D eigenvalue weighted by Gasteiger charge is -1.90. The average Bonchev–Trinajstić information content (AvgIpc) is 2.67. The number of rotatable bonds is 2. The molecule has 0 atom stereocenters. The third-order valence-electron chi connectivity index (χ3n) is 1.72. The maximum absolute atomic E-state index is 2.26. The minimum atomic E-state index is 0. The summed E-state index contributed by atoms with van der Waals surface area (Å²) in [6, 6.07) is 12.8. The van der Waals surface area contributed by atoms with Crippen LogP contribution >= 0.6 is 32.4 Å². The molecule has 2 rings (SSSR count). The zero-order chi connectivity index (χ0) is 9.10. The first-order chi connectivity index (χ1) is 6.40. The molecule has 0 nitrogen and oxygen atoms in total. The number of hydrogen-bond acceptors (Lipinski definition) is 2. The van der Waals surface area contributed by atoms with Gasteiger partial charge in [-0.15, -0.1) is 0 Å². The molecule has 2 aromatic rings. The van der Waals surface area contributed by atoms with E-state index in [1.54, 1.807) is 0 Å². The Morgan fingerprint density at radius 1 is 1.21 bits per heavy atom. The lowest BCUT2D eigenvalue weighted by atomic mass is 10.2. The minimum Gasteiger partial charge on any atom is -1.00 e. The largest absolute Gasteiger partial charge is 1.00 e. The van der Waals surface area contributed by atoms with E-state index in [1.165, 1.54) is 14.6 Å². The first kappa shape index (κ1) is 12.4. The summed E-state index contributed by atoms with van der Waals surface area (Å²) in [5, 5.41) is 0. The van der Waals surface area contributed by atoms with Crippen molar-refractivity contribution in [1.29, 1.82) is 0 Å². The van der Waals surface area contributed by atoms with Crippen molar-refractivity contribution in [1.82, 2.24) is 0 Å². The molecule has 0 spiro atoms. The predicted octanol–water partition coefficient (Wildman–Crippen LogP) is 1.48. The van der Waals surface area contributed by atoms with E-state index in [1.807, 2.05) is 32.4 Å². The Morgan fingerprint density at radius 3 is 2.50 bits per heavy atom. The molecule has 1 heterocycles. The van der Waals surface area contributed by atoms with Crippen molar-refractivity contribution in [3.8, 4) is 10.4 Å². The van der Waals surface area contributed by atoms with Crippen LogP contribution in [0.15, 0.2) is 40.6 Å². The van der Waals surface area contributed by atoms with E-state index in [2.05, 4.69) is 42.7 Å². The summed E-state index contributed by atoms with van der Waals surface area (Å²) < 4.78 is 1.39. The van der Waals surface area contributed by atoms with Crippen molar-refractivity contribution < 1.29 is 24.0 Å². The highest BCUT2D eigenvalue weighted by atomic mass is 127. The molecule has 74 valence electrons. The second kappa shape index (κ2) is 6.05. The standard InChI is InChI=1S/C10H9S3.HI/c1-11-10-7-9(12-13-10)8-5-3-2-4-6-8;/h2-7H,1H3;1H/q+1;/p-1. The smallest absolute Gasteiger partial charge is 0.308 e. The SMILES string of the molecule is CSc1cc(-c2ccccc2)s[s+]1.[I-]. The summed E-state index contributed by atoms with van der Waals surface area (Å²) in [6.45, 7) is 0. The van der Waals surface area contributed by atoms with Crippen molar-refractivity contribution >= 4 is 32.4 Å². The minimum absolute atomic E-state index is 0. The fraction of sp³-hybridized carbons (Fsp3) is 0.100. The molecule has 0 unspecified atom stereocenters. The lowest BCUT2D eigenvalue weighted by Crippen LogP contribution is -3.00. The molecular weight excluding hydrogens is 343 g/mol. The van der Waals surface area contributed by atoms with Crippen molar-refractivity contribution in [2.45, 2.75) is 4.21 Å².